The molecular weight excluding hydrogens is 456 g/mol. The highest BCUT2D eigenvalue weighted by molar-refractivity contribution is 6.51. The SMILES string of the molecule is Cc1cc(/C(O)=C2\C(=O)C(=O)N(c3nc4ccccc4[nH]3)C2c2ccccn2)ccc1OCC(C)C. The van der Waals surface area contributed by atoms with E-state index in [-0.39, 0.29) is 17.3 Å². The summed E-state index contributed by atoms with van der Waals surface area (Å²) in [5.41, 5.74) is 2.99. The van der Waals surface area contributed by atoms with Crippen LogP contribution in [0.2, 0.25) is 0 Å². The summed E-state index contributed by atoms with van der Waals surface area (Å²) in [6.45, 7) is 6.56. The van der Waals surface area contributed by atoms with Crippen molar-refractivity contribution in [2.24, 2.45) is 5.92 Å². The van der Waals surface area contributed by atoms with Crippen LogP contribution in [0.15, 0.2) is 72.4 Å². The highest BCUT2D eigenvalue weighted by atomic mass is 16.5. The average Bonchev–Trinajstić information content (AvgIpc) is 3.41. The van der Waals surface area contributed by atoms with Crippen LogP contribution in [-0.4, -0.2) is 38.4 Å². The number of ketones is 1. The number of aliphatic hydroxyl groups excluding tert-OH is 1. The second kappa shape index (κ2) is 9.30. The van der Waals surface area contributed by atoms with Gasteiger partial charge in [0.1, 0.15) is 17.6 Å². The third-order valence-corrected chi connectivity index (χ3v) is 6.04. The molecule has 1 aliphatic heterocycles. The van der Waals surface area contributed by atoms with Crippen LogP contribution in [0.1, 0.15) is 36.7 Å². The van der Waals surface area contributed by atoms with Crippen LogP contribution in [0.5, 0.6) is 5.75 Å². The van der Waals surface area contributed by atoms with Crippen molar-refractivity contribution < 1.29 is 19.4 Å². The lowest BCUT2D eigenvalue weighted by Crippen LogP contribution is -2.30. The number of nitrogens with one attached hydrogen (secondary N) is 1. The Hall–Kier alpha value is -4.46. The Morgan fingerprint density at radius 3 is 2.58 bits per heavy atom. The number of amides is 1. The number of carbonyl (C=O) groups is 2. The fourth-order valence-electron chi connectivity index (χ4n) is 4.29. The van der Waals surface area contributed by atoms with Gasteiger partial charge in [-0.3, -0.25) is 19.5 Å². The number of H-pyrrole nitrogens is 1. The first-order chi connectivity index (χ1) is 17.3. The van der Waals surface area contributed by atoms with E-state index in [4.69, 9.17) is 4.74 Å². The van der Waals surface area contributed by atoms with Crippen LogP contribution < -0.4 is 9.64 Å². The lowest BCUT2D eigenvalue weighted by molar-refractivity contribution is -0.132. The van der Waals surface area contributed by atoms with Crippen molar-refractivity contribution in [3.63, 3.8) is 0 Å². The fourth-order valence-corrected chi connectivity index (χ4v) is 4.29. The Balaban J connectivity index is 1.63. The standard InChI is InChI=1S/C28H26N4O4/c1-16(2)15-36-22-12-11-18(14-17(22)3)25(33)23-24(21-10-6-7-13-29-21)32(27(35)26(23)34)28-30-19-8-4-5-9-20(19)31-28/h4-14,16,24,33H,15H2,1-3H3,(H,30,31)/b25-23+. The van der Waals surface area contributed by atoms with Gasteiger partial charge in [-0.15, -0.1) is 0 Å². The first kappa shape index (κ1) is 23.3. The number of benzene rings is 2. The zero-order chi connectivity index (χ0) is 25.4. The van der Waals surface area contributed by atoms with Crippen molar-refractivity contribution in [3.05, 3.63) is 89.3 Å². The molecule has 1 aliphatic rings. The van der Waals surface area contributed by atoms with Crippen LogP contribution in [-0.2, 0) is 9.59 Å². The number of aliphatic hydroxyl groups is 1. The molecule has 36 heavy (non-hydrogen) atoms. The van der Waals surface area contributed by atoms with E-state index in [0.29, 0.717) is 35.0 Å². The Kier molecular flexibility index (Phi) is 6.01. The van der Waals surface area contributed by atoms with Crippen LogP contribution in [0, 0.1) is 12.8 Å². The van der Waals surface area contributed by atoms with Gasteiger partial charge in [-0.1, -0.05) is 32.0 Å². The number of Topliss-reactive ketones (excluding diaryl/α,β-unsaturated/α-hetero) is 1. The number of pyridine rings is 1. The van der Waals surface area contributed by atoms with Gasteiger partial charge in [-0.25, -0.2) is 4.98 Å². The van der Waals surface area contributed by atoms with Gasteiger partial charge < -0.3 is 14.8 Å². The van der Waals surface area contributed by atoms with Gasteiger partial charge in [0.15, 0.2) is 0 Å². The van der Waals surface area contributed by atoms with Gasteiger partial charge >= 0.3 is 5.91 Å². The van der Waals surface area contributed by atoms with Crippen LogP contribution in [0.25, 0.3) is 16.8 Å². The quantitative estimate of drug-likeness (QED) is 0.229. The van der Waals surface area contributed by atoms with E-state index in [1.807, 2.05) is 31.2 Å². The number of rotatable bonds is 6. The van der Waals surface area contributed by atoms with Crippen LogP contribution in [0.3, 0.4) is 0 Å². The number of hydrogen-bond acceptors (Lipinski definition) is 6. The number of anilines is 1. The molecule has 0 spiro atoms. The molecule has 182 valence electrons. The molecule has 0 bridgehead atoms. The monoisotopic (exact) mass is 482 g/mol. The minimum atomic E-state index is -0.955. The average molecular weight is 483 g/mol. The first-order valence-electron chi connectivity index (χ1n) is 11.8. The molecule has 2 aromatic carbocycles. The molecule has 8 nitrogen and oxygen atoms in total. The van der Waals surface area contributed by atoms with E-state index in [1.165, 1.54) is 4.90 Å². The van der Waals surface area contributed by atoms with E-state index in [9.17, 15) is 14.7 Å². The summed E-state index contributed by atoms with van der Waals surface area (Å²) in [5.74, 6) is -0.599. The van der Waals surface area contributed by atoms with Gasteiger partial charge in [0.2, 0.25) is 5.95 Å². The Morgan fingerprint density at radius 2 is 1.89 bits per heavy atom. The molecule has 1 amide bonds. The van der Waals surface area contributed by atoms with Crippen molar-refractivity contribution in [3.8, 4) is 5.75 Å². The summed E-state index contributed by atoms with van der Waals surface area (Å²) >= 11 is 0. The van der Waals surface area contributed by atoms with Gasteiger partial charge in [-0.2, -0.15) is 0 Å². The van der Waals surface area contributed by atoms with Crippen molar-refractivity contribution in [2.75, 3.05) is 11.5 Å². The molecular formula is C28H26N4O4. The molecule has 5 rings (SSSR count). The Bertz CT molecular complexity index is 1460. The van der Waals surface area contributed by atoms with E-state index < -0.39 is 17.7 Å². The summed E-state index contributed by atoms with van der Waals surface area (Å²) in [6.07, 6.45) is 1.58. The van der Waals surface area contributed by atoms with Gasteiger partial charge in [0.05, 0.1) is 28.9 Å². The maximum absolute atomic E-state index is 13.3. The number of hydrogen-bond donors (Lipinski definition) is 2. The third kappa shape index (κ3) is 4.11. The number of imidazole rings is 1. The second-order valence-electron chi connectivity index (χ2n) is 9.19. The molecule has 0 saturated carbocycles. The molecule has 1 fully saturated rings. The highest BCUT2D eigenvalue weighted by Gasteiger charge is 2.48. The van der Waals surface area contributed by atoms with E-state index in [2.05, 4.69) is 28.8 Å². The first-order valence-corrected chi connectivity index (χ1v) is 11.8. The van der Waals surface area contributed by atoms with Crippen molar-refractivity contribution in [1.82, 2.24) is 15.0 Å². The minimum Gasteiger partial charge on any atom is -0.507 e. The highest BCUT2D eigenvalue weighted by Crippen LogP contribution is 2.41. The van der Waals surface area contributed by atoms with E-state index in [1.54, 1.807) is 42.6 Å². The normalized spacial score (nSPS) is 17.3. The predicted octanol–water partition coefficient (Wildman–Crippen LogP) is 4.93. The largest absolute Gasteiger partial charge is 0.507 e. The topological polar surface area (TPSA) is 108 Å². The second-order valence-corrected chi connectivity index (χ2v) is 9.19. The van der Waals surface area contributed by atoms with Gasteiger partial charge in [0, 0.05) is 11.8 Å². The zero-order valence-electron chi connectivity index (χ0n) is 20.2. The molecule has 1 atom stereocenters. The maximum Gasteiger partial charge on any atom is 0.302 e. The number of aromatic nitrogens is 3. The summed E-state index contributed by atoms with van der Waals surface area (Å²) < 4.78 is 5.84. The zero-order valence-corrected chi connectivity index (χ0v) is 20.2. The molecule has 1 saturated heterocycles. The molecule has 0 aliphatic carbocycles. The predicted molar refractivity (Wildman–Crippen MR) is 137 cm³/mol. The van der Waals surface area contributed by atoms with Crippen molar-refractivity contribution in [1.29, 1.82) is 0 Å². The van der Waals surface area contributed by atoms with Crippen LogP contribution in [0.4, 0.5) is 5.95 Å². The molecule has 0 radical (unpaired) electrons. The fraction of sp³-hybridized carbons (Fsp3) is 0.214. The number of para-hydroxylation sites is 2. The molecule has 4 aromatic rings. The van der Waals surface area contributed by atoms with Crippen molar-refractivity contribution in [2.45, 2.75) is 26.8 Å². The van der Waals surface area contributed by atoms with Crippen molar-refractivity contribution >= 4 is 34.4 Å². The number of carbonyl (C=O) groups excluding carboxylic acids is 2. The number of fused-ring (bicyclic) bond motifs is 1. The Labute approximate surface area is 208 Å². The maximum atomic E-state index is 13.3. The molecule has 2 N–H and O–H groups in total. The lowest BCUT2D eigenvalue weighted by atomic mass is 9.97. The van der Waals surface area contributed by atoms with Crippen LogP contribution >= 0.6 is 0 Å². The van der Waals surface area contributed by atoms with Gasteiger partial charge in [0.25, 0.3) is 5.78 Å². The number of ether oxygens (including phenoxy) is 1. The minimum absolute atomic E-state index is 0.0468. The summed E-state index contributed by atoms with van der Waals surface area (Å²) in [6, 6.07) is 16.8. The van der Waals surface area contributed by atoms with E-state index in [0.717, 1.165) is 11.1 Å². The summed E-state index contributed by atoms with van der Waals surface area (Å²) in [5, 5.41) is 11.4. The third-order valence-electron chi connectivity index (χ3n) is 6.04. The number of aryl methyl sites for hydroxylation is 1. The summed E-state index contributed by atoms with van der Waals surface area (Å²) in [7, 11) is 0. The lowest BCUT2D eigenvalue weighted by Gasteiger charge is -2.22. The van der Waals surface area contributed by atoms with E-state index >= 15 is 0 Å². The van der Waals surface area contributed by atoms with Gasteiger partial charge in [-0.05, 0) is 60.9 Å². The molecule has 8 heteroatoms. The molecule has 2 aromatic heterocycles. The Morgan fingerprint density at radius 1 is 1.11 bits per heavy atom. The smallest absolute Gasteiger partial charge is 0.302 e. The molecule has 1 unspecified atom stereocenters. The molecule has 3 heterocycles. The summed E-state index contributed by atoms with van der Waals surface area (Å²) in [4.78, 5) is 40.0. The number of aromatic amines is 1. The number of nitrogens with zero attached hydrogens (tertiary/aromatic N) is 3.